The van der Waals surface area contributed by atoms with E-state index in [-0.39, 0.29) is 5.60 Å². The van der Waals surface area contributed by atoms with Gasteiger partial charge in [-0.3, -0.25) is 0 Å². The zero-order valence-electron chi connectivity index (χ0n) is 12.1. The summed E-state index contributed by atoms with van der Waals surface area (Å²) in [5.41, 5.74) is 1.41. The largest absolute Gasteiger partial charge is 0.370 e. The van der Waals surface area contributed by atoms with Gasteiger partial charge in [-0.2, -0.15) is 0 Å². The van der Waals surface area contributed by atoms with Gasteiger partial charge >= 0.3 is 0 Å². The van der Waals surface area contributed by atoms with Crippen LogP contribution in [-0.2, 0) is 17.8 Å². The van der Waals surface area contributed by atoms with E-state index in [0.717, 1.165) is 13.1 Å². The summed E-state index contributed by atoms with van der Waals surface area (Å²) in [6, 6.07) is 4.84. The first-order chi connectivity index (χ1) is 8.46. The minimum absolute atomic E-state index is 0.0637. The number of hydrogen-bond acceptors (Lipinski definition) is 2. The lowest BCUT2D eigenvalue weighted by atomic mass is 10.1. The van der Waals surface area contributed by atoms with E-state index in [4.69, 9.17) is 4.74 Å². The molecule has 1 atom stereocenters. The van der Waals surface area contributed by atoms with Gasteiger partial charge in [-0.1, -0.05) is 13.8 Å². The Morgan fingerprint density at radius 1 is 1.50 bits per heavy atom. The van der Waals surface area contributed by atoms with E-state index in [0.29, 0.717) is 12.1 Å². The smallest absolute Gasteiger partial charge is 0.0762 e. The maximum absolute atomic E-state index is 6.06. The van der Waals surface area contributed by atoms with Crippen molar-refractivity contribution in [3.8, 4) is 0 Å². The third kappa shape index (κ3) is 3.59. The van der Waals surface area contributed by atoms with Crippen LogP contribution in [0, 0.1) is 0 Å². The fraction of sp³-hybridized carbons (Fsp3) is 0.733. The fourth-order valence-corrected chi connectivity index (χ4v) is 2.52. The first kappa shape index (κ1) is 13.6. The molecule has 0 amide bonds. The molecule has 1 unspecified atom stereocenters. The first-order valence-electron chi connectivity index (χ1n) is 7.01. The monoisotopic (exact) mass is 250 g/mol. The van der Waals surface area contributed by atoms with E-state index in [2.05, 4.69) is 55.9 Å². The Balaban J connectivity index is 1.92. The molecule has 0 bridgehead atoms. The van der Waals surface area contributed by atoms with Crippen LogP contribution in [0.1, 0.15) is 46.2 Å². The van der Waals surface area contributed by atoms with Crippen molar-refractivity contribution in [1.82, 2.24) is 9.88 Å². The minimum atomic E-state index is 0.0637. The maximum Gasteiger partial charge on any atom is 0.0762 e. The third-order valence-electron chi connectivity index (χ3n) is 3.57. The van der Waals surface area contributed by atoms with Gasteiger partial charge in [0, 0.05) is 31.0 Å². The lowest BCUT2D eigenvalue weighted by Gasteiger charge is -2.20. The Hall–Kier alpha value is -0.800. The summed E-state index contributed by atoms with van der Waals surface area (Å²) in [7, 11) is 0. The van der Waals surface area contributed by atoms with Crippen LogP contribution in [0.15, 0.2) is 18.3 Å². The van der Waals surface area contributed by atoms with Crippen molar-refractivity contribution in [2.75, 3.05) is 0 Å². The van der Waals surface area contributed by atoms with Gasteiger partial charge in [0.1, 0.15) is 0 Å². The van der Waals surface area contributed by atoms with Gasteiger partial charge in [0.15, 0.2) is 0 Å². The number of ether oxygens (including phenoxy) is 1. The molecule has 1 aliphatic heterocycles. The van der Waals surface area contributed by atoms with E-state index in [1.54, 1.807) is 0 Å². The van der Waals surface area contributed by atoms with Crippen LogP contribution in [0.25, 0.3) is 0 Å². The molecule has 1 N–H and O–H groups in total. The Kier molecular flexibility index (Phi) is 4.13. The highest BCUT2D eigenvalue weighted by molar-refractivity contribution is 5.07. The maximum atomic E-state index is 6.06. The second-order valence-corrected chi connectivity index (χ2v) is 6.23. The average molecular weight is 250 g/mol. The summed E-state index contributed by atoms with van der Waals surface area (Å²) in [5, 5.41) is 3.47. The Morgan fingerprint density at radius 2 is 2.28 bits per heavy atom. The highest BCUT2D eigenvalue weighted by Gasteiger charge is 2.31. The van der Waals surface area contributed by atoms with Crippen LogP contribution in [0.3, 0.4) is 0 Å². The molecular formula is C15H26N2O. The summed E-state index contributed by atoms with van der Waals surface area (Å²) < 4.78 is 8.38. The number of nitrogens with one attached hydrogen (secondary N) is 1. The van der Waals surface area contributed by atoms with E-state index < -0.39 is 0 Å². The van der Waals surface area contributed by atoms with Crippen LogP contribution in [0.2, 0.25) is 0 Å². The molecular weight excluding hydrogens is 224 g/mol. The summed E-state index contributed by atoms with van der Waals surface area (Å²) in [6.07, 6.45) is 4.86. The fourth-order valence-electron chi connectivity index (χ4n) is 2.52. The molecule has 0 saturated carbocycles. The van der Waals surface area contributed by atoms with Crippen molar-refractivity contribution in [3.63, 3.8) is 0 Å². The van der Waals surface area contributed by atoms with E-state index in [1.165, 1.54) is 18.5 Å². The number of rotatable bonds is 5. The van der Waals surface area contributed by atoms with Gasteiger partial charge in [0.25, 0.3) is 0 Å². The van der Waals surface area contributed by atoms with Crippen molar-refractivity contribution in [2.45, 2.75) is 71.4 Å². The van der Waals surface area contributed by atoms with E-state index in [9.17, 15) is 0 Å². The molecule has 0 aromatic carbocycles. The molecule has 1 saturated heterocycles. The molecule has 102 valence electrons. The van der Waals surface area contributed by atoms with Crippen molar-refractivity contribution >= 4 is 0 Å². The van der Waals surface area contributed by atoms with Gasteiger partial charge < -0.3 is 14.6 Å². The zero-order chi connectivity index (χ0) is 13.2. The number of hydrogen-bond donors (Lipinski definition) is 1. The van der Waals surface area contributed by atoms with Gasteiger partial charge in [-0.05, 0) is 38.8 Å². The molecule has 18 heavy (non-hydrogen) atoms. The van der Waals surface area contributed by atoms with Gasteiger partial charge in [-0.25, -0.2) is 0 Å². The Morgan fingerprint density at radius 3 is 2.89 bits per heavy atom. The zero-order valence-corrected chi connectivity index (χ0v) is 12.1. The third-order valence-corrected chi connectivity index (χ3v) is 3.57. The molecule has 1 aromatic heterocycles. The van der Waals surface area contributed by atoms with Crippen LogP contribution < -0.4 is 5.32 Å². The molecule has 1 aromatic rings. The lowest BCUT2D eigenvalue weighted by molar-refractivity contribution is -0.0219. The molecule has 2 heterocycles. The predicted molar refractivity (Wildman–Crippen MR) is 74.6 cm³/mol. The van der Waals surface area contributed by atoms with Crippen molar-refractivity contribution in [3.05, 3.63) is 24.0 Å². The summed E-state index contributed by atoms with van der Waals surface area (Å²) >= 11 is 0. The Labute approximate surface area is 111 Å². The molecule has 1 aliphatic rings. The first-order valence-corrected chi connectivity index (χ1v) is 7.01. The molecule has 0 radical (unpaired) electrons. The highest BCUT2D eigenvalue weighted by Crippen LogP contribution is 2.30. The summed E-state index contributed by atoms with van der Waals surface area (Å²) in [6.45, 7) is 10.6. The topological polar surface area (TPSA) is 26.2 Å². The van der Waals surface area contributed by atoms with E-state index in [1.807, 2.05) is 0 Å². The molecule has 0 aliphatic carbocycles. The highest BCUT2D eigenvalue weighted by atomic mass is 16.5. The molecule has 0 spiro atoms. The number of aromatic nitrogens is 1. The molecule has 2 rings (SSSR count). The predicted octanol–water partition coefficient (Wildman–Crippen LogP) is 2.94. The minimum Gasteiger partial charge on any atom is -0.370 e. The van der Waals surface area contributed by atoms with Crippen LogP contribution in [-0.4, -0.2) is 22.3 Å². The second-order valence-electron chi connectivity index (χ2n) is 6.23. The van der Waals surface area contributed by atoms with Crippen molar-refractivity contribution in [2.24, 2.45) is 0 Å². The SMILES string of the molecule is CC(C)NCc1cccn1CC1CCC(C)(C)O1. The van der Waals surface area contributed by atoms with Crippen LogP contribution in [0.5, 0.6) is 0 Å². The molecule has 3 heteroatoms. The standard InChI is InChI=1S/C15H26N2O/c1-12(2)16-10-13-6-5-9-17(13)11-14-7-8-15(3,4)18-14/h5-6,9,12,14,16H,7-8,10-11H2,1-4H3. The van der Waals surface area contributed by atoms with Crippen molar-refractivity contribution in [1.29, 1.82) is 0 Å². The summed E-state index contributed by atoms with van der Waals surface area (Å²) in [5.74, 6) is 0. The average Bonchev–Trinajstić information content (AvgIpc) is 2.83. The normalized spacial score (nSPS) is 22.8. The lowest BCUT2D eigenvalue weighted by Crippen LogP contribution is -2.26. The number of nitrogens with zero attached hydrogens (tertiary/aromatic N) is 1. The van der Waals surface area contributed by atoms with Crippen LogP contribution in [0.4, 0.5) is 0 Å². The Bertz CT molecular complexity index is 382. The summed E-state index contributed by atoms with van der Waals surface area (Å²) in [4.78, 5) is 0. The second kappa shape index (κ2) is 5.45. The van der Waals surface area contributed by atoms with Crippen molar-refractivity contribution < 1.29 is 4.74 Å². The molecule has 1 fully saturated rings. The van der Waals surface area contributed by atoms with Gasteiger partial charge in [0.2, 0.25) is 0 Å². The molecule has 3 nitrogen and oxygen atoms in total. The van der Waals surface area contributed by atoms with Crippen LogP contribution >= 0.6 is 0 Å². The quantitative estimate of drug-likeness (QED) is 0.869. The van der Waals surface area contributed by atoms with Gasteiger partial charge in [-0.15, -0.1) is 0 Å². The van der Waals surface area contributed by atoms with Gasteiger partial charge in [0.05, 0.1) is 11.7 Å². The van der Waals surface area contributed by atoms with E-state index >= 15 is 0 Å².